The molecule has 2 rings (SSSR count). The minimum absolute atomic E-state index is 0.0510. The number of rotatable bonds is 6. The zero-order valence-electron chi connectivity index (χ0n) is 14.6. The van der Waals surface area contributed by atoms with Crippen molar-refractivity contribution in [3.05, 3.63) is 0 Å². The summed E-state index contributed by atoms with van der Waals surface area (Å²) >= 11 is 0. The predicted molar refractivity (Wildman–Crippen MR) is 86.9 cm³/mol. The molecule has 3 atom stereocenters. The van der Waals surface area contributed by atoms with E-state index in [9.17, 15) is 4.79 Å². The Hall–Kier alpha value is -0.650. The first-order valence-electron chi connectivity index (χ1n) is 8.68. The second kappa shape index (κ2) is 8.27. The maximum atomic E-state index is 12.3. The van der Waals surface area contributed by atoms with Gasteiger partial charge in [-0.3, -0.25) is 9.69 Å². The molecule has 2 saturated heterocycles. The van der Waals surface area contributed by atoms with E-state index >= 15 is 0 Å². The van der Waals surface area contributed by atoms with E-state index in [1.54, 1.807) is 7.11 Å². The number of hydrogen-bond donors (Lipinski definition) is 0. The van der Waals surface area contributed by atoms with E-state index in [2.05, 4.69) is 25.7 Å². The maximum absolute atomic E-state index is 12.3. The Morgan fingerprint density at radius 1 is 1.32 bits per heavy atom. The number of hydrogen-bond acceptors (Lipinski definition) is 4. The van der Waals surface area contributed by atoms with Gasteiger partial charge in [0.25, 0.3) is 0 Å². The molecule has 22 heavy (non-hydrogen) atoms. The molecule has 0 radical (unpaired) electrons. The van der Waals surface area contributed by atoms with Crippen LogP contribution in [0.25, 0.3) is 0 Å². The molecule has 128 valence electrons. The van der Waals surface area contributed by atoms with Crippen LogP contribution in [0.2, 0.25) is 0 Å². The lowest BCUT2D eigenvalue weighted by atomic mass is 10.0. The number of nitrogens with zero attached hydrogens (tertiary/aromatic N) is 2. The van der Waals surface area contributed by atoms with Crippen LogP contribution in [0, 0.1) is 0 Å². The fourth-order valence-corrected chi connectivity index (χ4v) is 3.84. The zero-order chi connectivity index (χ0) is 16.1. The van der Waals surface area contributed by atoms with E-state index < -0.39 is 0 Å². The van der Waals surface area contributed by atoms with Crippen molar-refractivity contribution >= 4 is 5.91 Å². The highest BCUT2D eigenvalue weighted by Crippen LogP contribution is 2.24. The number of carbonyl (C=O) groups excluding carboxylic acids is 1. The van der Waals surface area contributed by atoms with Gasteiger partial charge in [0.1, 0.15) is 0 Å². The van der Waals surface area contributed by atoms with Crippen LogP contribution in [-0.2, 0) is 14.3 Å². The molecule has 5 nitrogen and oxygen atoms in total. The van der Waals surface area contributed by atoms with Gasteiger partial charge < -0.3 is 14.4 Å². The van der Waals surface area contributed by atoms with Crippen LogP contribution in [0.5, 0.6) is 0 Å². The number of likely N-dealkylation sites (tertiary alicyclic amines) is 1. The third-order valence-electron chi connectivity index (χ3n) is 4.98. The second-order valence-corrected chi connectivity index (χ2v) is 6.95. The van der Waals surface area contributed by atoms with Gasteiger partial charge in [-0.1, -0.05) is 0 Å². The lowest BCUT2D eigenvalue weighted by Gasteiger charge is -2.32. The van der Waals surface area contributed by atoms with Crippen LogP contribution in [0.3, 0.4) is 0 Å². The van der Waals surface area contributed by atoms with Crippen LogP contribution in [0.4, 0.5) is 0 Å². The molecule has 5 heteroatoms. The first kappa shape index (κ1) is 17.7. The third-order valence-corrected chi connectivity index (χ3v) is 4.98. The Kier molecular flexibility index (Phi) is 6.66. The fraction of sp³-hybridized carbons (Fsp3) is 0.941. The van der Waals surface area contributed by atoms with Crippen molar-refractivity contribution in [2.24, 2.45) is 0 Å². The van der Waals surface area contributed by atoms with E-state index in [1.807, 2.05) is 4.90 Å². The zero-order valence-corrected chi connectivity index (χ0v) is 14.6. The Morgan fingerprint density at radius 3 is 2.77 bits per heavy atom. The summed E-state index contributed by atoms with van der Waals surface area (Å²) in [5.41, 5.74) is 0. The molecule has 2 aliphatic heterocycles. The molecule has 1 amide bonds. The molecule has 0 saturated carbocycles. The Balaban J connectivity index is 1.88. The second-order valence-electron chi connectivity index (χ2n) is 6.95. The molecule has 0 aliphatic carbocycles. The number of carbonyl (C=O) groups is 1. The summed E-state index contributed by atoms with van der Waals surface area (Å²) in [6.45, 7) is 9.71. The van der Waals surface area contributed by atoms with Gasteiger partial charge in [-0.05, 0) is 46.6 Å². The number of ether oxygens (including phenoxy) is 2. The van der Waals surface area contributed by atoms with Crippen molar-refractivity contribution in [1.82, 2.24) is 9.80 Å². The summed E-state index contributed by atoms with van der Waals surface area (Å²) in [6.07, 6.45) is 3.95. The van der Waals surface area contributed by atoms with Crippen LogP contribution >= 0.6 is 0 Å². The van der Waals surface area contributed by atoms with Crippen molar-refractivity contribution in [2.45, 2.75) is 70.7 Å². The first-order valence-corrected chi connectivity index (χ1v) is 8.68. The Labute approximate surface area is 134 Å². The average molecular weight is 312 g/mol. The van der Waals surface area contributed by atoms with E-state index in [-0.39, 0.29) is 18.1 Å². The average Bonchev–Trinajstić information content (AvgIpc) is 2.83. The molecule has 0 aromatic carbocycles. The highest BCUT2D eigenvalue weighted by molar-refractivity contribution is 5.77. The van der Waals surface area contributed by atoms with Gasteiger partial charge in [0, 0.05) is 31.8 Å². The highest BCUT2D eigenvalue weighted by Gasteiger charge is 2.32. The summed E-state index contributed by atoms with van der Waals surface area (Å²) in [4.78, 5) is 16.8. The topological polar surface area (TPSA) is 42.0 Å². The van der Waals surface area contributed by atoms with E-state index in [1.165, 1.54) is 12.8 Å². The van der Waals surface area contributed by atoms with Gasteiger partial charge in [0.2, 0.25) is 5.91 Å². The lowest BCUT2D eigenvalue weighted by molar-refractivity contribution is -0.132. The molecule has 0 aromatic heterocycles. The molecular formula is C17H32N2O3. The summed E-state index contributed by atoms with van der Waals surface area (Å²) < 4.78 is 11.3. The summed E-state index contributed by atoms with van der Waals surface area (Å²) in [5.74, 6) is 0.236. The van der Waals surface area contributed by atoms with Crippen LogP contribution in [-0.4, -0.2) is 73.3 Å². The van der Waals surface area contributed by atoms with Crippen LogP contribution in [0.15, 0.2) is 0 Å². The van der Waals surface area contributed by atoms with Crippen LogP contribution in [0.1, 0.15) is 46.5 Å². The van der Waals surface area contributed by atoms with Gasteiger partial charge in [-0.15, -0.1) is 0 Å². The van der Waals surface area contributed by atoms with Crippen molar-refractivity contribution in [1.29, 1.82) is 0 Å². The molecule has 0 spiro atoms. The predicted octanol–water partition coefficient (Wildman–Crippen LogP) is 1.90. The fourth-order valence-electron chi connectivity index (χ4n) is 3.84. The van der Waals surface area contributed by atoms with Crippen molar-refractivity contribution in [2.75, 3.05) is 33.4 Å². The first-order chi connectivity index (χ1) is 10.5. The monoisotopic (exact) mass is 312 g/mol. The molecule has 0 N–H and O–H groups in total. The van der Waals surface area contributed by atoms with E-state index in [0.29, 0.717) is 25.1 Å². The molecule has 0 aromatic rings. The lowest BCUT2D eigenvalue weighted by Crippen LogP contribution is -2.42. The number of amides is 1. The molecule has 2 heterocycles. The van der Waals surface area contributed by atoms with E-state index in [4.69, 9.17) is 9.47 Å². The molecule has 2 fully saturated rings. The molecule has 3 unspecified atom stereocenters. The summed E-state index contributed by atoms with van der Waals surface area (Å²) in [6, 6.07) is 1.22. The van der Waals surface area contributed by atoms with Gasteiger partial charge in [-0.25, -0.2) is 0 Å². The quantitative estimate of drug-likeness (QED) is 0.751. The maximum Gasteiger partial charge on any atom is 0.225 e. The molecular weight excluding hydrogens is 280 g/mol. The number of methoxy groups -OCH3 is 1. The normalized spacial score (nSPS) is 29.1. The molecule has 2 aliphatic rings. The standard InChI is InChI=1S/C17H32N2O3/c1-13(2)18-8-9-22-16(11-17(18)20)10-14(3)19-7-5-6-15(19)12-21-4/h13-16H,5-12H2,1-4H3. The van der Waals surface area contributed by atoms with Gasteiger partial charge >= 0.3 is 0 Å². The minimum atomic E-state index is 0.0510. The van der Waals surface area contributed by atoms with Gasteiger partial charge in [0.15, 0.2) is 0 Å². The van der Waals surface area contributed by atoms with Crippen molar-refractivity contribution < 1.29 is 14.3 Å². The highest BCUT2D eigenvalue weighted by atomic mass is 16.5. The largest absolute Gasteiger partial charge is 0.383 e. The smallest absolute Gasteiger partial charge is 0.225 e. The van der Waals surface area contributed by atoms with Gasteiger partial charge in [0.05, 0.1) is 25.7 Å². The minimum Gasteiger partial charge on any atom is -0.383 e. The summed E-state index contributed by atoms with van der Waals surface area (Å²) in [5, 5.41) is 0. The SMILES string of the molecule is COCC1CCCN1C(C)CC1CC(=O)N(C(C)C)CCO1. The van der Waals surface area contributed by atoms with E-state index in [0.717, 1.165) is 26.1 Å². The Morgan fingerprint density at radius 2 is 2.09 bits per heavy atom. The molecule has 0 bridgehead atoms. The third kappa shape index (κ3) is 4.43. The van der Waals surface area contributed by atoms with Crippen molar-refractivity contribution in [3.63, 3.8) is 0 Å². The van der Waals surface area contributed by atoms with Gasteiger partial charge in [-0.2, -0.15) is 0 Å². The summed E-state index contributed by atoms with van der Waals surface area (Å²) in [7, 11) is 1.77. The Bertz CT molecular complexity index is 362. The van der Waals surface area contributed by atoms with Crippen LogP contribution < -0.4 is 0 Å². The van der Waals surface area contributed by atoms with Crippen molar-refractivity contribution in [3.8, 4) is 0 Å².